The Morgan fingerprint density at radius 1 is 1.67 bits per heavy atom. The second-order valence-corrected chi connectivity index (χ2v) is 1.77. The monoisotopic (exact) mass is 122 g/mol. The van der Waals surface area contributed by atoms with Crippen molar-refractivity contribution in [2.45, 2.75) is 6.42 Å². The Morgan fingerprint density at radius 3 is 3.11 bits per heavy atom. The Kier molecular flexibility index (Phi) is 2.22. The molecule has 1 N–H and O–H groups in total. The molecule has 1 radical (unpaired) electrons. The van der Waals surface area contributed by atoms with Gasteiger partial charge in [0.2, 0.25) is 0 Å². The van der Waals surface area contributed by atoms with Crippen molar-refractivity contribution in [1.82, 2.24) is 4.98 Å². The van der Waals surface area contributed by atoms with Gasteiger partial charge < -0.3 is 5.11 Å². The molecule has 0 aromatic carbocycles. The van der Waals surface area contributed by atoms with Gasteiger partial charge in [-0.1, -0.05) is 6.07 Å². The van der Waals surface area contributed by atoms with Gasteiger partial charge in [-0.3, -0.25) is 4.98 Å². The van der Waals surface area contributed by atoms with Crippen molar-refractivity contribution >= 4 is 0 Å². The quantitative estimate of drug-likeness (QED) is 0.616. The maximum atomic E-state index is 8.48. The van der Waals surface area contributed by atoms with Crippen LogP contribution in [0.15, 0.2) is 18.3 Å². The summed E-state index contributed by atoms with van der Waals surface area (Å²) < 4.78 is 0. The van der Waals surface area contributed by atoms with Gasteiger partial charge in [-0.25, -0.2) is 0 Å². The molecule has 2 nitrogen and oxygen atoms in total. The van der Waals surface area contributed by atoms with Gasteiger partial charge in [0.25, 0.3) is 0 Å². The van der Waals surface area contributed by atoms with Crippen LogP contribution in [0.5, 0.6) is 0 Å². The van der Waals surface area contributed by atoms with Crippen LogP contribution < -0.4 is 0 Å². The molecule has 0 amide bonds. The number of rotatable bonds is 2. The van der Waals surface area contributed by atoms with E-state index in [1.165, 1.54) is 0 Å². The summed E-state index contributed by atoms with van der Waals surface area (Å²) in [7, 11) is 0. The van der Waals surface area contributed by atoms with E-state index in [-0.39, 0.29) is 6.61 Å². The van der Waals surface area contributed by atoms with Crippen LogP contribution in [-0.4, -0.2) is 16.7 Å². The highest BCUT2D eigenvalue weighted by atomic mass is 16.2. The van der Waals surface area contributed by atoms with Gasteiger partial charge in [0.05, 0.1) is 6.20 Å². The third-order valence-corrected chi connectivity index (χ3v) is 1.08. The normalized spacial score (nSPS) is 9.44. The minimum Gasteiger partial charge on any atom is -0.396 e. The van der Waals surface area contributed by atoms with E-state index in [4.69, 9.17) is 5.11 Å². The third kappa shape index (κ3) is 1.82. The molecule has 0 saturated carbocycles. The summed E-state index contributed by atoms with van der Waals surface area (Å²) in [4.78, 5) is 3.77. The molecule has 1 heterocycles. The summed E-state index contributed by atoms with van der Waals surface area (Å²) in [5.41, 5.74) is 1.05. The lowest BCUT2D eigenvalue weighted by atomic mass is 10.2. The Labute approximate surface area is 54.2 Å². The van der Waals surface area contributed by atoms with Gasteiger partial charge in [-0.05, 0) is 18.1 Å². The average molecular weight is 122 g/mol. The Bertz CT molecular complexity index is 162. The first kappa shape index (κ1) is 6.23. The van der Waals surface area contributed by atoms with Gasteiger partial charge in [-0.15, -0.1) is 0 Å². The van der Waals surface area contributed by atoms with E-state index in [0.717, 1.165) is 5.56 Å². The first-order valence-corrected chi connectivity index (χ1v) is 2.85. The van der Waals surface area contributed by atoms with Gasteiger partial charge in [0, 0.05) is 12.8 Å². The average Bonchev–Trinajstić information content (AvgIpc) is 1.91. The first-order chi connectivity index (χ1) is 4.43. The highest BCUT2D eigenvalue weighted by Gasteiger charge is 1.86. The molecule has 0 atom stereocenters. The number of hydrogen-bond donors (Lipinski definition) is 1. The predicted octanol–water partition coefficient (Wildman–Crippen LogP) is 0.417. The van der Waals surface area contributed by atoms with Crippen molar-refractivity contribution in [3.63, 3.8) is 0 Å². The summed E-state index contributed by atoms with van der Waals surface area (Å²) in [6, 6.07) is 3.63. The van der Waals surface area contributed by atoms with E-state index < -0.39 is 0 Å². The van der Waals surface area contributed by atoms with Crippen LogP contribution >= 0.6 is 0 Å². The molecular weight excluding hydrogens is 114 g/mol. The minimum absolute atomic E-state index is 0.186. The fourth-order valence-electron chi connectivity index (χ4n) is 0.628. The van der Waals surface area contributed by atoms with E-state index in [0.29, 0.717) is 6.42 Å². The van der Waals surface area contributed by atoms with Crippen molar-refractivity contribution in [2.75, 3.05) is 6.61 Å². The fourth-order valence-corrected chi connectivity index (χ4v) is 0.628. The predicted molar refractivity (Wildman–Crippen MR) is 33.9 cm³/mol. The molecular formula is C7H8NO. The zero-order valence-corrected chi connectivity index (χ0v) is 5.04. The van der Waals surface area contributed by atoms with Crippen LogP contribution in [0.3, 0.4) is 0 Å². The van der Waals surface area contributed by atoms with Crippen LogP contribution in [0, 0.1) is 6.20 Å². The smallest absolute Gasteiger partial charge is 0.0886 e. The number of aromatic nitrogens is 1. The highest BCUT2D eigenvalue weighted by Crippen LogP contribution is 1.93. The topological polar surface area (TPSA) is 33.1 Å². The Hall–Kier alpha value is -0.890. The van der Waals surface area contributed by atoms with Crippen molar-refractivity contribution in [3.8, 4) is 0 Å². The molecule has 1 aromatic rings. The second-order valence-electron chi connectivity index (χ2n) is 1.77. The van der Waals surface area contributed by atoms with Crippen LogP contribution in [0.2, 0.25) is 0 Å². The van der Waals surface area contributed by atoms with Gasteiger partial charge in [0.1, 0.15) is 0 Å². The summed E-state index contributed by atoms with van der Waals surface area (Å²) >= 11 is 0. The number of nitrogens with zero attached hydrogens (tertiary/aromatic N) is 1. The molecule has 1 rings (SSSR count). The van der Waals surface area contributed by atoms with Gasteiger partial charge >= 0.3 is 0 Å². The summed E-state index contributed by atoms with van der Waals surface area (Å²) in [5, 5.41) is 8.48. The molecule has 0 bridgehead atoms. The minimum atomic E-state index is 0.186. The molecule has 0 saturated heterocycles. The highest BCUT2D eigenvalue weighted by molar-refractivity contribution is 5.07. The Morgan fingerprint density at radius 2 is 2.56 bits per heavy atom. The maximum Gasteiger partial charge on any atom is 0.0886 e. The molecule has 0 fully saturated rings. The summed E-state index contributed by atoms with van der Waals surface area (Å²) in [6.07, 6.45) is 5.05. The summed E-state index contributed by atoms with van der Waals surface area (Å²) in [6.45, 7) is 0.186. The van der Waals surface area contributed by atoms with Crippen molar-refractivity contribution in [2.24, 2.45) is 0 Å². The van der Waals surface area contributed by atoms with E-state index in [2.05, 4.69) is 11.2 Å². The lowest BCUT2D eigenvalue weighted by Gasteiger charge is -1.92. The molecule has 0 aliphatic rings. The molecule has 1 aromatic heterocycles. The van der Waals surface area contributed by atoms with Crippen LogP contribution in [0.25, 0.3) is 0 Å². The Balaban J connectivity index is 2.61. The van der Waals surface area contributed by atoms with Gasteiger partial charge in [0.15, 0.2) is 0 Å². The third-order valence-electron chi connectivity index (χ3n) is 1.08. The van der Waals surface area contributed by atoms with E-state index >= 15 is 0 Å². The van der Waals surface area contributed by atoms with E-state index in [1.807, 2.05) is 6.07 Å². The van der Waals surface area contributed by atoms with Crippen LogP contribution in [0.4, 0.5) is 0 Å². The largest absolute Gasteiger partial charge is 0.396 e. The zero-order chi connectivity index (χ0) is 6.53. The number of aliphatic hydroxyl groups excluding tert-OH is 1. The molecule has 0 unspecified atom stereocenters. The first-order valence-electron chi connectivity index (χ1n) is 2.85. The second kappa shape index (κ2) is 3.20. The summed E-state index contributed by atoms with van der Waals surface area (Å²) in [5.74, 6) is 0. The fraction of sp³-hybridized carbons (Fsp3) is 0.286. The van der Waals surface area contributed by atoms with Gasteiger partial charge in [-0.2, -0.15) is 0 Å². The molecule has 0 spiro atoms. The number of aliphatic hydroxyl groups is 1. The molecule has 0 aliphatic carbocycles. The van der Waals surface area contributed by atoms with Crippen molar-refractivity contribution in [3.05, 3.63) is 30.1 Å². The standard InChI is InChI=1S/C7H8NO/c9-5-3-7-2-1-4-8-6-7/h1-2,6,9H,3,5H2. The molecule has 2 heteroatoms. The lowest BCUT2D eigenvalue weighted by molar-refractivity contribution is 0.299. The zero-order valence-electron chi connectivity index (χ0n) is 5.04. The maximum absolute atomic E-state index is 8.48. The SMILES string of the molecule is OCCc1cc[c]nc1. The number of pyridine rings is 1. The molecule has 9 heavy (non-hydrogen) atoms. The van der Waals surface area contributed by atoms with E-state index in [9.17, 15) is 0 Å². The lowest BCUT2D eigenvalue weighted by Crippen LogP contribution is -1.89. The van der Waals surface area contributed by atoms with Crippen molar-refractivity contribution in [1.29, 1.82) is 0 Å². The van der Waals surface area contributed by atoms with E-state index in [1.54, 1.807) is 12.3 Å². The molecule has 0 aliphatic heterocycles. The van der Waals surface area contributed by atoms with Crippen LogP contribution in [0.1, 0.15) is 5.56 Å². The number of hydrogen-bond acceptors (Lipinski definition) is 2. The van der Waals surface area contributed by atoms with Crippen molar-refractivity contribution < 1.29 is 5.11 Å². The van der Waals surface area contributed by atoms with Crippen LogP contribution in [-0.2, 0) is 6.42 Å². The molecule has 47 valence electrons.